The van der Waals surface area contributed by atoms with Gasteiger partial charge in [0, 0.05) is 24.7 Å². The molecule has 0 radical (unpaired) electrons. The Morgan fingerprint density at radius 1 is 1.39 bits per heavy atom. The van der Waals surface area contributed by atoms with Crippen molar-refractivity contribution in [1.29, 1.82) is 0 Å². The van der Waals surface area contributed by atoms with E-state index in [-0.39, 0.29) is 29.8 Å². The average Bonchev–Trinajstić information content (AvgIpc) is 3.06. The summed E-state index contributed by atoms with van der Waals surface area (Å²) in [6, 6.07) is 3.78. The van der Waals surface area contributed by atoms with Gasteiger partial charge in [0.2, 0.25) is 0 Å². The molecule has 1 aliphatic rings. The van der Waals surface area contributed by atoms with E-state index in [1.807, 2.05) is 4.90 Å². The molecule has 122 valence electrons. The first kappa shape index (κ1) is 15.5. The van der Waals surface area contributed by atoms with E-state index in [9.17, 15) is 13.6 Å². The number of piperidine rings is 1. The zero-order valence-corrected chi connectivity index (χ0v) is 12.4. The quantitative estimate of drug-likeness (QED) is 0.894. The van der Waals surface area contributed by atoms with Crippen LogP contribution >= 0.6 is 0 Å². The topological polar surface area (TPSA) is 73.9 Å². The maximum absolute atomic E-state index is 13.7. The smallest absolute Gasteiger partial charge is 0.273 e. The van der Waals surface area contributed by atoms with E-state index in [0.717, 1.165) is 19.4 Å². The normalized spacial score (nSPS) is 18.8. The molecule has 0 bridgehead atoms. The van der Waals surface area contributed by atoms with Crippen LogP contribution in [0.25, 0.3) is 0 Å². The predicted octanol–water partition coefficient (Wildman–Crippen LogP) is 1.48. The molecule has 2 aromatic rings. The number of carbonyl (C=O) groups excluding carboxylic acids is 1. The minimum atomic E-state index is -0.543. The first-order valence-electron chi connectivity index (χ1n) is 7.45. The van der Waals surface area contributed by atoms with Gasteiger partial charge in [0.15, 0.2) is 5.69 Å². The number of hydrogen-bond acceptors (Lipinski definition) is 4. The zero-order valence-electron chi connectivity index (χ0n) is 12.4. The summed E-state index contributed by atoms with van der Waals surface area (Å²) in [6.07, 6.45) is 3.02. The fourth-order valence-corrected chi connectivity index (χ4v) is 2.79. The van der Waals surface area contributed by atoms with E-state index in [4.69, 9.17) is 0 Å². The van der Waals surface area contributed by atoms with Crippen LogP contribution < -0.4 is 5.32 Å². The fraction of sp³-hybridized carbons (Fsp3) is 0.400. The van der Waals surface area contributed by atoms with Gasteiger partial charge < -0.3 is 5.32 Å². The summed E-state index contributed by atoms with van der Waals surface area (Å²) in [7, 11) is 0. The number of carbonyl (C=O) groups is 1. The van der Waals surface area contributed by atoms with Gasteiger partial charge in [0.25, 0.3) is 5.91 Å². The Kier molecular flexibility index (Phi) is 4.61. The molecule has 0 saturated carbocycles. The Morgan fingerprint density at radius 2 is 2.17 bits per heavy atom. The molecule has 1 saturated heterocycles. The van der Waals surface area contributed by atoms with Crippen molar-refractivity contribution in [3.63, 3.8) is 0 Å². The zero-order chi connectivity index (χ0) is 16.2. The highest BCUT2D eigenvalue weighted by molar-refractivity contribution is 5.92. The minimum absolute atomic E-state index is 0.0657. The van der Waals surface area contributed by atoms with Crippen molar-refractivity contribution in [1.82, 2.24) is 25.6 Å². The Hall–Kier alpha value is -2.35. The second-order valence-corrected chi connectivity index (χ2v) is 5.60. The van der Waals surface area contributed by atoms with Crippen LogP contribution in [0.3, 0.4) is 0 Å². The van der Waals surface area contributed by atoms with Gasteiger partial charge >= 0.3 is 0 Å². The highest BCUT2D eigenvalue weighted by Crippen LogP contribution is 2.18. The van der Waals surface area contributed by atoms with Crippen LogP contribution in [-0.2, 0) is 6.54 Å². The van der Waals surface area contributed by atoms with Crippen LogP contribution in [0.4, 0.5) is 8.78 Å². The van der Waals surface area contributed by atoms with Crippen molar-refractivity contribution in [2.24, 2.45) is 0 Å². The Balaban J connectivity index is 1.61. The molecule has 1 aromatic carbocycles. The number of halogens is 2. The Bertz CT molecular complexity index is 656. The Morgan fingerprint density at radius 3 is 2.87 bits per heavy atom. The second-order valence-electron chi connectivity index (χ2n) is 5.60. The number of aromatic amines is 1. The predicted molar refractivity (Wildman–Crippen MR) is 78.5 cm³/mol. The third-order valence-corrected chi connectivity index (χ3v) is 3.93. The van der Waals surface area contributed by atoms with Crippen molar-refractivity contribution in [2.75, 3.05) is 13.1 Å². The van der Waals surface area contributed by atoms with Gasteiger partial charge in [-0.2, -0.15) is 15.4 Å². The van der Waals surface area contributed by atoms with Gasteiger partial charge in [-0.25, -0.2) is 8.78 Å². The van der Waals surface area contributed by atoms with Crippen LogP contribution in [-0.4, -0.2) is 45.3 Å². The van der Waals surface area contributed by atoms with Crippen LogP contribution in [0.5, 0.6) is 0 Å². The number of hydrogen-bond donors (Lipinski definition) is 2. The number of H-pyrrole nitrogens is 1. The van der Waals surface area contributed by atoms with Gasteiger partial charge in [-0.15, -0.1) is 0 Å². The van der Waals surface area contributed by atoms with E-state index in [0.29, 0.717) is 6.54 Å². The van der Waals surface area contributed by atoms with Gasteiger partial charge in [-0.05, 0) is 31.5 Å². The second kappa shape index (κ2) is 6.82. The number of nitrogens with zero attached hydrogens (tertiary/aromatic N) is 3. The lowest BCUT2D eigenvalue weighted by molar-refractivity contribution is 0.0894. The summed E-state index contributed by atoms with van der Waals surface area (Å²) in [6.45, 7) is 1.47. The highest BCUT2D eigenvalue weighted by Gasteiger charge is 2.24. The first-order chi connectivity index (χ1) is 11.1. The SMILES string of the molecule is O=C(N[C@@H]1CCCN(Cc2c(F)cccc2F)C1)c1cn[nH]n1. The molecule has 2 N–H and O–H groups in total. The molecule has 3 rings (SSSR count). The molecule has 1 fully saturated rings. The molecule has 6 nitrogen and oxygen atoms in total. The van der Waals surface area contributed by atoms with E-state index >= 15 is 0 Å². The summed E-state index contributed by atoms with van der Waals surface area (Å²) in [5.41, 5.74) is 0.290. The van der Waals surface area contributed by atoms with Gasteiger partial charge in [0.05, 0.1) is 6.20 Å². The number of amides is 1. The van der Waals surface area contributed by atoms with Gasteiger partial charge in [-0.1, -0.05) is 6.07 Å². The number of rotatable bonds is 4. The number of likely N-dealkylation sites (tertiary alicyclic amines) is 1. The summed E-state index contributed by atoms with van der Waals surface area (Å²) in [4.78, 5) is 13.9. The summed E-state index contributed by atoms with van der Waals surface area (Å²) in [5, 5.41) is 12.6. The molecular weight excluding hydrogens is 304 g/mol. The summed E-state index contributed by atoms with van der Waals surface area (Å²) >= 11 is 0. The van der Waals surface area contributed by atoms with E-state index in [1.54, 1.807) is 0 Å². The molecule has 0 aliphatic carbocycles. The van der Waals surface area contributed by atoms with Crippen LogP contribution in [0.1, 0.15) is 28.9 Å². The lowest BCUT2D eigenvalue weighted by atomic mass is 10.0. The van der Waals surface area contributed by atoms with E-state index < -0.39 is 11.6 Å². The van der Waals surface area contributed by atoms with E-state index in [1.165, 1.54) is 24.4 Å². The lowest BCUT2D eigenvalue weighted by Crippen LogP contribution is -2.47. The number of aromatic nitrogens is 3. The third kappa shape index (κ3) is 3.70. The molecule has 1 aromatic heterocycles. The standard InChI is InChI=1S/C15H17F2N5O/c16-12-4-1-5-13(17)11(12)9-22-6-2-3-10(8-22)19-15(23)14-7-18-21-20-14/h1,4-5,7,10H,2-3,6,8-9H2,(H,19,23)(H,18,20,21)/t10-/m1/s1. The van der Waals surface area contributed by atoms with Gasteiger partial charge in [0.1, 0.15) is 11.6 Å². The third-order valence-electron chi connectivity index (χ3n) is 3.93. The average molecular weight is 321 g/mol. The molecule has 1 amide bonds. The van der Waals surface area contributed by atoms with Crippen LogP contribution in [0, 0.1) is 11.6 Å². The molecule has 23 heavy (non-hydrogen) atoms. The monoisotopic (exact) mass is 321 g/mol. The molecule has 1 atom stereocenters. The van der Waals surface area contributed by atoms with Crippen molar-refractivity contribution < 1.29 is 13.6 Å². The molecule has 2 heterocycles. The molecule has 0 spiro atoms. The maximum atomic E-state index is 13.7. The van der Waals surface area contributed by atoms with Crippen molar-refractivity contribution in [3.05, 3.63) is 47.3 Å². The maximum Gasteiger partial charge on any atom is 0.273 e. The van der Waals surface area contributed by atoms with Crippen molar-refractivity contribution >= 4 is 5.91 Å². The fourth-order valence-electron chi connectivity index (χ4n) is 2.79. The summed E-state index contributed by atoms with van der Waals surface area (Å²) < 4.78 is 27.5. The molecule has 8 heteroatoms. The van der Waals surface area contributed by atoms with Gasteiger partial charge in [-0.3, -0.25) is 9.69 Å². The van der Waals surface area contributed by atoms with Crippen molar-refractivity contribution in [3.8, 4) is 0 Å². The minimum Gasteiger partial charge on any atom is -0.347 e. The van der Waals surface area contributed by atoms with Crippen molar-refractivity contribution in [2.45, 2.75) is 25.4 Å². The molecule has 0 unspecified atom stereocenters. The molecule has 1 aliphatic heterocycles. The molecular formula is C15H17F2N5O. The lowest BCUT2D eigenvalue weighted by Gasteiger charge is -2.33. The largest absolute Gasteiger partial charge is 0.347 e. The number of nitrogens with one attached hydrogen (secondary N) is 2. The first-order valence-corrected chi connectivity index (χ1v) is 7.45. The highest BCUT2D eigenvalue weighted by atomic mass is 19.1. The number of benzene rings is 1. The Labute approximate surface area is 131 Å². The van der Waals surface area contributed by atoms with E-state index in [2.05, 4.69) is 20.7 Å². The summed E-state index contributed by atoms with van der Waals surface area (Å²) in [5.74, 6) is -1.39. The van der Waals surface area contributed by atoms with Crippen LogP contribution in [0.2, 0.25) is 0 Å². The van der Waals surface area contributed by atoms with Crippen LogP contribution in [0.15, 0.2) is 24.4 Å².